The number of pyridine rings is 1. The van der Waals surface area contributed by atoms with Crippen molar-refractivity contribution in [3.05, 3.63) is 45.5 Å². The molecule has 1 saturated carbocycles. The lowest BCUT2D eigenvalue weighted by Gasteiger charge is -2.30. The minimum atomic E-state index is -0.339. The third kappa shape index (κ3) is 2.48. The van der Waals surface area contributed by atoms with E-state index in [1.54, 1.807) is 19.1 Å². The van der Waals surface area contributed by atoms with Gasteiger partial charge >= 0.3 is 0 Å². The maximum absolute atomic E-state index is 13.8. The highest BCUT2D eigenvalue weighted by molar-refractivity contribution is 5.80. The maximum Gasteiger partial charge on any atom is 0.189 e. The zero-order valence-corrected chi connectivity index (χ0v) is 12.4. The van der Waals surface area contributed by atoms with E-state index in [0.717, 1.165) is 36.9 Å². The second-order valence-corrected chi connectivity index (χ2v) is 6.10. The van der Waals surface area contributed by atoms with Crippen molar-refractivity contribution in [2.24, 2.45) is 0 Å². The first-order valence-corrected chi connectivity index (χ1v) is 7.47. The predicted octanol–water partition coefficient (Wildman–Crippen LogP) is 3.23. The zero-order chi connectivity index (χ0) is 15.1. The highest BCUT2D eigenvalue weighted by Gasteiger charge is 2.23. The van der Waals surface area contributed by atoms with E-state index >= 15 is 0 Å². The summed E-state index contributed by atoms with van der Waals surface area (Å²) in [6.07, 6.45) is 3.11. The number of aliphatic hydroxyl groups excluding tert-OH is 1. The van der Waals surface area contributed by atoms with Gasteiger partial charge in [-0.05, 0) is 57.2 Å². The van der Waals surface area contributed by atoms with Gasteiger partial charge in [0.2, 0.25) is 0 Å². The first-order chi connectivity index (χ1) is 9.97. The molecule has 2 aromatic rings. The number of rotatable bonds is 1. The monoisotopic (exact) mass is 289 g/mol. The highest BCUT2D eigenvalue weighted by atomic mass is 19.1. The van der Waals surface area contributed by atoms with Crippen LogP contribution in [-0.2, 0) is 0 Å². The number of hydrogen-bond donors (Lipinski definition) is 1. The van der Waals surface area contributed by atoms with Gasteiger partial charge in [-0.25, -0.2) is 4.39 Å². The van der Waals surface area contributed by atoms with Crippen molar-refractivity contribution in [2.75, 3.05) is 0 Å². The van der Waals surface area contributed by atoms with E-state index in [2.05, 4.69) is 4.57 Å². The zero-order valence-electron chi connectivity index (χ0n) is 12.4. The molecule has 1 aliphatic carbocycles. The molecule has 1 N–H and O–H groups in total. The molecule has 4 heteroatoms. The summed E-state index contributed by atoms with van der Waals surface area (Å²) in [5.41, 5.74) is 2.13. The average Bonchev–Trinajstić information content (AvgIpc) is 2.43. The number of aryl methyl sites for hydroxylation is 2. The van der Waals surface area contributed by atoms with Crippen LogP contribution >= 0.6 is 0 Å². The van der Waals surface area contributed by atoms with Crippen molar-refractivity contribution >= 4 is 10.9 Å². The molecule has 3 rings (SSSR count). The van der Waals surface area contributed by atoms with E-state index in [0.29, 0.717) is 10.9 Å². The van der Waals surface area contributed by atoms with E-state index in [-0.39, 0.29) is 23.4 Å². The molecule has 0 bridgehead atoms. The molecular formula is C17H20FNO2. The van der Waals surface area contributed by atoms with Crippen LogP contribution in [0.25, 0.3) is 10.9 Å². The SMILES string of the molecule is Cc1cc2c(cc1F)c(=O)cc(C)n2C1CCC(O)CC1. The second kappa shape index (κ2) is 5.26. The molecule has 1 heterocycles. The van der Waals surface area contributed by atoms with Gasteiger partial charge in [-0.2, -0.15) is 0 Å². The van der Waals surface area contributed by atoms with Crippen molar-refractivity contribution in [3.63, 3.8) is 0 Å². The van der Waals surface area contributed by atoms with Gasteiger partial charge in [0.15, 0.2) is 5.43 Å². The average molecular weight is 289 g/mol. The summed E-state index contributed by atoms with van der Waals surface area (Å²) in [6.45, 7) is 3.64. The number of aliphatic hydroxyl groups is 1. The Morgan fingerprint density at radius 1 is 1.14 bits per heavy atom. The van der Waals surface area contributed by atoms with Crippen LogP contribution in [0.2, 0.25) is 0 Å². The molecule has 0 unspecified atom stereocenters. The molecular weight excluding hydrogens is 269 g/mol. The summed E-state index contributed by atoms with van der Waals surface area (Å²) < 4.78 is 15.9. The molecule has 0 spiro atoms. The van der Waals surface area contributed by atoms with Gasteiger partial charge in [0.05, 0.1) is 11.6 Å². The number of aromatic nitrogens is 1. The Kier molecular flexibility index (Phi) is 3.57. The first kappa shape index (κ1) is 14.3. The minimum Gasteiger partial charge on any atom is -0.393 e. The Morgan fingerprint density at radius 2 is 1.81 bits per heavy atom. The summed E-state index contributed by atoms with van der Waals surface area (Å²) in [5, 5.41) is 10.1. The fourth-order valence-corrected chi connectivity index (χ4v) is 3.39. The van der Waals surface area contributed by atoms with Gasteiger partial charge in [-0.3, -0.25) is 4.79 Å². The number of fused-ring (bicyclic) bond motifs is 1. The third-order valence-corrected chi connectivity index (χ3v) is 4.55. The van der Waals surface area contributed by atoms with E-state index < -0.39 is 0 Å². The molecule has 1 aromatic heterocycles. The van der Waals surface area contributed by atoms with Gasteiger partial charge in [0.25, 0.3) is 0 Å². The van der Waals surface area contributed by atoms with Crippen molar-refractivity contribution in [1.82, 2.24) is 4.57 Å². The molecule has 1 aliphatic rings. The summed E-state index contributed by atoms with van der Waals surface area (Å²) in [4.78, 5) is 12.1. The van der Waals surface area contributed by atoms with Gasteiger partial charge in [-0.1, -0.05) is 0 Å². The quantitative estimate of drug-likeness (QED) is 0.875. The van der Waals surface area contributed by atoms with Crippen LogP contribution in [0.1, 0.15) is 43.0 Å². The van der Waals surface area contributed by atoms with Crippen LogP contribution in [0.5, 0.6) is 0 Å². The number of hydrogen-bond acceptors (Lipinski definition) is 2. The second-order valence-electron chi connectivity index (χ2n) is 6.10. The van der Waals surface area contributed by atoms with Crippen LogP contribution < -0.4 is 5.43 Å². The smallest absolute Gasteiger partial charge is 0.189 e. The predicted molar refractivity (Wildman–Crippen MR) is 81.2 cm³/mol. The largest absolute Gasteiger partial charge is 0.393 e. The Balaban J connectivity index is 2.21. The molecule has 0 radical (unpaired) electrons. The third-order valence-electron chi connectivity index (χ3n) is 4.55. The van der Waals surface area contributed by atoms with Crippen molar-refractivity contribution in [3.8, 4) is 0 Å². The first-order valence-electron chi connectivity index (χ1n) is 7.47. The van der Waals surface area contributed by atoms with E-state index in [4.69, 9.17) is 0 Å². The topological polar surface area (TPSA) is 42.2 Å². The Morgan fingerprint density at radius 3 is 2.48 bits per heavy atom. The highest BCUT2D eigenvalue weighted by Crippen LogP contribution is 2.32. The van der Waals surface area contributed by atoms with E-state index in [1.165, 1.54) is 6.07 Å². The normalized spacial score (nSPS) is 22.7. The van der Waals surface area contributed by atoms with Crippen LogP contribution in [-0.4, -0.2) is 15.8 Å². The number of nitrogens with zero attached hydrogens (tertiary/aromatic N) is 1. The molecule has 0 aliphatic heterocycles. The fourth-order valence-electron chi connectivity index (χ4n) is 3.39. The lowest BCUT2D eigenvalue weighted by atomic mass is 9.92. The summed E-state index contributed by atoms with van der Waals surface area (Å²) in [6, 6.07) is 4.97. The van der Waals surface area contributed by atoms with Gasteiger partial charge < -0.3 is 9.67 Å². The maximum atomic E-state index is 13.8. The Labute approximate surface area is 123 Å². The molecule has 3 nitrogen and oxygen atoms in total. The number of benzene rings is 1. The van der Waals surface area contributed by atoms with Gasteiger partial charge in [0.1, 0.15) is 5.82 Å². The summed E-state index contributed by atoms with van der Waals surface area (Å²) >= 11 is 0. The van der Waals surface area contributed by atoms with Crippen LogP contribution in [0.4, 0.5) is 4.39 Å². The Hall–Kier alpha value is -1.68. The van der Waals surface area contributed by atoms with Crippen molar-refractivity contribution < 1.29 is 9.50 Å². The van der Waals surface area contributed by atoms with Crippen LogP contribution in [0.15, 0.2) is 23.0 Å². The molecule has 0 saturated heterocycles. The molecule has 0 atom stereocenters. The van der Waals surface area contributed by atoms with E-state index in [9.17, 15) is 14.3 Å². The van der Waals surface area contributed by atoms with Gasteiger partial charge in [0, 0.05) is 23.2 Å². The standard InChI is InChI=1S/C17H20FNO2/c1-10-7-16-14(9-15(10)18)17(21)8-11(2)19(16)12-3-5-13(20)6-4-12/h7-9,12-13,20H,3-6H2,1-2H3. The van der Waals surface area contributed by atoms with Crippen molar-refractivity contribution in [1.29, 1.82) is 0 Å². The molecule has 0 amide bonds. The fraction of sp³-hybridized carbons (Fsp3) is 0.471. The van der Waals surface area contributed by atoms with Crippen LogP contribution in [0.3, 0.4) is 0 Å². The lowest BCUT2D eigenvalue weighted by molar-refractivity contribution is 0.111. The molecule has 1 fully saturated rings. The van der Waals surface area contributed by atoms with Gasteiger partial charge in [-0.15, -0.1) is 0 Å². The molecule has 21 heavy (non-hydrogen) atoms. The Bertz CT molecular complexity index is 743. The summed E-state index contributed by atoms with van der Waals surface area (Å²) in [5.74, 6) is -0.339. The molecule has 1 aromatic carbocycles. The molecule has 112 valence electrons. The van der Waals surface area contributed by atoms with E-state index in [1.807, 2.05) is 6.92 Å². The minimum absolute atomic E-state index is 0.131. The lowest BCUT2D eigenvalue weighted by Crippen LogP contribution is -2.24. The van der Waals surface area contributed by atoms with Crippen LogP contribution in [0, 0.1) is 19.7 Å². The number of halogens is 1. The van der Waals surface area contributed by atoms with Crippen molar-refractivity contribution in [2.45, 2.75) is 51.7 Å². The summed E-state index contributed by atoms with van der Waals surface area (Å²) in [7, 11) is 0.